The van der Waals surface area contributed by atoms with Gasteiger partial charge in [-0.1, -0.05) is 31.2 Å². The average Bonchev–Trinajstić information content (AvgIpc) is 3.17. The summed E-state index contributed by atoms with van der Waals surface area (Å²) in [5.41, 5.74) is 3.35. The van der Waals surface area contributed by atoms with E-state index in [1.807, 2.05) is 63.2 Å². The molecule has 1 N–H and O–H groups in total. The molecule has 1 saturated heterocycles. The van der Waals surface area contributed by atoms with Crippen LogP contribution in [-0.2, 0) is 9.59 Å². The standard InChI is InChI=1S/C30H32N2O5/c1-6-17-37-25-10-8-7-9-24(25)32-27(20-11-13-21(14-12-20)31(3)4)26(29(34)30(32)35)28(33)23-16-15-22(36-5)18-19(23)2/h7-16,18,27,33H,6,17H2,1-5H3/b28-26-. The Morgan fingerprint density at radius 2 is 1.73 bits per heavy atom. The Kier molecular flexibility index (Phi) is 7.53. The van der Waals surface area contributed by atoms with Crippen LogP contribution in [-0.4, -0.2) is 44.6 Å². The highest BCUT2D eigenvalue weighted by atomic mass is 16.5. The highest BCUT2D eigenvalue weighted by molar-refractivity contribution is 6.52. The molecule has 7 heteroatoms. The molecule has 3 aromatic carbocycles. The SMILES string of the molecule is CCCOc1ccccc1N1C(=O)C(=O)/C(=C(\O)c2ccc(OC)cc2C)C1c1ccc(N(C)C)cc1. The van der Waals surface area contributed by atoms with Crippen molar-refractivity contribution < 1.29 is 24.2 Å². The van der Waals surface area contributed by atoms with Crippen molar-refractivity contribution in [2.75, 3.05) is 37.6 Å². The number of carbonyl (C=O) groups is 2. The van der Waals surface area contributed by atoms with E-state index < -0.39 is 17.7 Å². The Morgan fingerprint density at radius 1 is 1.03 bits per heavy atom. The van der Waals surface area contributed by atoms with Gasteiger partial charge in [-0.15, -0.1) is 0 Å². The molecule has 1 heterocycles. The molecule has 1 atom stereocenters. The molecule has 3 aromatic rings. The van der Waals surface area contributed by atoms with Gasteiger partial charge in [-0.25, -0.2) is 0 Å². The fourth-order valence-electron chi connectivity index (χ4n) is 4.52. The van der Waals surface area contributed by atoms with Gasteiger partial charge in [0.1, 0.15) is 17.3 Å². The number of Topliss-reactive ketones (excluding diaryl/α,β-unsaturated/α-hetero) is 1. The van der Waals surface area contributed by atoms with Gasteiger partial charge < -0.3 is 19.5 Å². The molecular formula is C30H32N2O5. The summed E-state index contributed by atoms with van der Waals surface area (Å²) in [6.07, 6.45) is 0.791. The highest BCUT2D eigenvalue weighted by Gasteiger charge is 2.47. The third-order valence-electron chi connectivity index (χ3n) is 6.44. The number of anilines is 2. The van der Waals surface area contributed by atoms with E-state index in [-0.39, 0.29) is 11.3 Å². The van der Waals surface area contributed by atoms with Crippen LogP contribution in [0.15, 0.2) is 72.3 Å². The molecule has 0 spiro atoms. The minimum absolute atomic E-state index is 0.0289. The monoisotopic (exact) mass is 500 g/mol. The minimum Gasteiger partial charge on any atom is -0.507 e. The van der Waals surface area contributed by atoms with Gasteiger partial charge in [0.2, 0.25) is 0 Å². The van der Waals surface area contributed by atoms with Crippen LogP contribution in [0.3, 0.4) is 0 Å². The topological polar surface area (TPSA) is 79.3 Å². The van der Waals surface area contributed by atoms with Crippen LogP contribution >= 0.6 is 0 Å². The van der Waals surface area contributed by atoms with Crippen molar-refractivity contribution in [3.63, 3.8) is 0 Å². The number of aliphatic hydroxyl groups excluding tert-OH is 1. The summed E-state index contributed by atoms with van der Waals surface area (Å²) in [4.78, 5) is 30.5. The number of amides is 1. The predicted octanol–water partition coefficient (Wildman–Crippen LogP) is 5.48. The van der Waals surface area contributed by atoms with E-state index in [4.69, 9.17) is 9.47 Å². The molecule has 0 aromatic heterocycles. The first-order chi connectivity index (χ1) is 17.8. The van der Waals surface area contributed by atoms with Crippen molar-refractivity contribution in [1.82, 2.24) is 0 Å². The zero-order valence-electron chi connectivity index (χ0n) is 21.8. The van der Waals surface area contributed by atoms with Gasteiger partial charge in [-0.3, -0.25) is 14.5 Å². The molecule has 192 valence electrons. The van der Waals surface area contributed by atoms with Crippen LogP contribution < -0.4 is 19.3 Å². The van der Waals surface area contributed by atoms with Gasteiger partial charge in [0.15, 0.2) is 0 Å². The predicted molar refractivity (Wildman–Crippen MR) is 146 cm³/mol. The maximum Gasteiger partial charge on any atom is 0.300 e. The van der Waals surface area contributed by atoms with Gasteiger partial charge in [0, 0.05) is 25.3 Å². The molecule has 7 nitrogen and oxygen atoms in total. The molecule has 0 radical (unpaired) electrons. The van der Waals surface area contributed by atoms with Crippen LogP contribution in [0.4, 0.5) is 11.4 Å². The molecule has 37 heavy (non-hydrogen) atoms. The Hall–Kier alpha value is -4.26. The van der Waals surface area contributed by atoms with Crippen LogP contribution in [0.25, 0.3) is 5.76 Å². The number of rotatable bonds is 8. The zero-order chi connectivity index (χ0) is 26.7. The summed E-state index contributed by atoms with van der Waals surface area (Å²) >= 11 is 0. The second-order valence-electron chi connectivity index (χ2n) is 9.15. The number of ketones is 1. The number of hydrogen-bond donors (Lipinski definition) is 1. The van der Waals surface area contributed by atoms with Crippen molar-refractivity contribution in [2.24, 2.45) is 0 Å². The first-order valence-electron chi connectivity index (χ1n) is 12.2. The Labute approximate surface area is 217 Å². The Bertz CT molecular complexity index is 1340. The summed E-state index contributed by atoms with van der Waals surface area (Å²) in [6.45, 7) is 4.29. The van der Waals surface area contributed by atoms with Crippen molar-refractivity contribution in [2.45, 2.75) is 26.3 Å². The largest absolute Gasteiger partial charge is 0.507 e. The van der Waals surface area contributed by atoms with Crippen molar-refractivity contribution in [3.05, 3.63) is 89.0 Å². The highest BCUT2D eigenvalue weighted by Crippen LogP contribution is 2.45. The molecule has 1 aliphatic rings. The van der Waals surface area contributed by atoms with Gasteiger partial charge in [0.25, 0.3) is 11.7 Å². The number of nitrogens with zero attached hydrogens (tertiary/aromatic N) is 2. The molecule has 0 bridgehead atoms. The van der Waals surface area contributed by atoms with Gasteiger partial charge >= 0.3 is 0 Å². The molecule has 4 rings (SSSR count). The normalized spacial score (nSPS) is 16.7. The second kappa shape index (κ2) is 10.8. The smallest absolute Gasteiger partial charge is 0.300 e. The Morgan fingerprint density at radius 3 is 2.35 bits per heavy atom. The summed E-state index contributed by atoms with van der Waals surface area (Å²) in [5, 5.41) is 11.5. The van der Waals surface area contributed by atoms with Gasteiger partial charge in [-0.2, -0.15) is 0 Å². The lowest BCUT2D eigenvalue weighted by atomic mass is 9.93. The molecule has 1 amide bonds. The summed E-state index contributed by atoms with van der Waals surface area (Å²) in [7, 11) is 5.44. The van der Waals surface area contributed by atoms with E-state index in [0.29, 0.717) is 34.9 Å². The number of benzene rings is 3. The van der Waals surface area contributed by atoms with Crippen molar-refractivity contribution in [3.8, 4) is 11.5 Å². The number of methoxy groups -OCH3 is 1. The quantitative estimate of drug-likeness (QED) is 0.251. The van der Waals surface area contributed by atoms with Gasteiger partial charge in [0.05, 0.1) is 31.0 Å². The number of aliphatic hydroxyl groups is 1. The van der Waals surface area contributed by atoms with Crippen LogP contribution in [0.5, 0.6) is 11.5 Å². The molecule has 1 aliphatic heterocycles. The maximum atomic E-state index is 13.6. The van der Waals surface area contributed by atoms with E-state index in [1.165, 1.54) is 4.90 Å². The van der Waals surface area contributed by atoms with E-state index in [0.717, 1.165) is 17.7 Å². The van der Waals surface area contributed by atoms with E-state index in [2.05, 4.69) is 0 Å². The third-order valence-corrected chi connectivity index (χ3v) is 6.44. The Balaban J connectivity index is 1.94. The number of carbonyl (C=O) groups excluding carboxylic acids is 2. The molecule has 1 fully saturated rings. The summed E-state index contributed by atoms with van der Waals surface area (Å²) in [5.74, 6) is -0.564. The maximum absolute atomic E-state index is 13.6. The fourth-order valence-corrected chi connectivity index (χ4v) is 4.52. The lowest BCUT2D eigenvalue weighted by molar-refractivity contribution is -0.132. The molecule has 0 aliphatic carbocycles. The number of aryl methyl sites for hydroxylation is 1. The van der Waals surface area contributed by atoms with Crippen LogP contribution in [0.1, 0.15) is 36.1 Å². The molecular weight excluding hydrogens is 468 g/mol. The van der Waals surface area contributed by atoms with Crippen LogP contribution in [0.2, 0.25) is 0 Å². The lowest BCUT2D eigenvalue weighted by Crippen LogP contribution is -2.30. The minimum atomic E-state index is -0.843. The average molecular weight is 501 g/mol. The molecule has 0 saturated carbocycles. The summed E-state index contributed by atoms with van der Waals surface area (Å²) in [6, 6.07) is 19.1. The lowest BCUT2D eigenvalue weighted by Gasteiger charge is -2.27. The number of para-hydroxylation sites is 2. The number of hydrogen-bond acceptors (Lipinski definition) is 6. The first kappa shape index (κ1) is 25.8. The molecule has 1 unspecified atom stereocenters. The fraction of sp³-hybridized carbons (Fsp3) is 0.267. The van der Waals surface area contributed by atoms with Crippen molar-refractivity contribution in [1.29, 1.82) is 0 Å². The number of ether oxygens (including phenoxy) is 2. The van der Waals surface area contributed by atoms with E-state index in [1.54, 1.807) is 43.5 Å². The summed E-state index contributed by atoms with van der Waals surface area (Å²) < 4.78 is 11.2. The van der Waals surface area contributed by atoms with Gasteiger partial charge in [-0.05, 0) is 66.9 Å². The zero-order valence-corrected chi connectivity index (χ0v) is 21.8. The third kappa shape index (κ3) is 4.89. The van der Waals surface area contributed by atoms with Crippen molar-refractivity contribution >= 4 is 28.8 Å². The second-order valence-corrected chi connectivity index (χ2v) is 9.15. The van der Waals surface area contributed by atoms with E-state index >= 15 is 0 Å². The van der Waals surface area contributed by atoms with Crippen LogP contribution in [0, 0.1) is 6.92 Å². The first-order valence-corrected chi connectivity index (χ1v) is 12.2. The van der Waals surface area contributed by atoms with E-state index in [9.17, 15) is 14.7 Å².